The van der Waals surface area contributed by atoms with Gasteiger partial charge in [-0.3, -0.25) is 0 Å². The minimum atomic E-state index is -0.0195. The Morgan fingerprint density at radius 3 is 2.90 bits per heavy atom. The smallest absolute Gasteiger partial charge is 0.0951 e. The predicted molar refractivity (Wildman–Crippen MR) is 80.3 cm³/mol. The fourth-order valence-electron chi connectivity index (χ4n) is 3.41. The Hall–Kier alpha value is -0.490. The summed E-state index contributed by atoms with van der Waals surface area (Å²) in [6.45, 7) is 8.87. The maximum atomic E-state index is 6.00. The van der Waals surface area contributed by atoms with E-state index in [1.54, 1.807) is 11.3 Å². The number of ether oxygens (including phenoxy) is 2. The van der Waals surface area contributed by atoms with Crippen molar-refractivity contribution < 1.29 is 9.47 Å². The minimum Gasteiger partial charge on any atom is -0.378 e. The SMILES string of the molecule is Cc1nc(C)c(C(C)NC2CCOC3(CCOC3)C2)s1. The molecule has 0 bridgehead atoms. The molecule has 112 valence electrons. The molecule has 0 aromatic carbocycles. The fraction of sp³-hybridized carbons (Fsp3) is 0.800. The first-order valence-electron chi connectivity index (χ1n) is 7.50. The van der Waals surface area contributed by atoms with Crippen molar-refractivity contribution in [2.75, 3.05) is 19.8 Å². The summed E-state index contributed by atoms with van der Waals surface area (Å²) >= 11 is 1.81. The molecule has 5 heteroatoms. The molecule has 4 nitrogen and oxygen atoms in total. The molecule has 3 unspecified atom stereocenters. The van der Waals surface area contributed by atoms with E-state index < -0.39 is 0 Å². The molecule has 3 atom stereocenters. The van der Waals surface area contributed by atoms with Crippen LogP contribution in [0.5, 0.6) is 0 Å². The van der Waals surface area contributed by atoms with E-state index in [0.29, 0.717) is 12.1 Å². The number of hydrogen-bond donors (Lipinski definition) is 1. The van der Waals surface area contributed by atoms with Gasteiger partial charge < -0.3 is 14.8 Å². The second-order valence-electron chi connectivity index (χ2n) is 6.09. The van der Waals surface area contributed by atoms with Gasteiger partial charge in [-0.25, -0.2) is 4.98 Å². The quantitative estimate of drug-likeness (QED) is 0.931. The molecular formula is C15H24N2O2S. The molecule has 0 radical (unpaired) electrons. The van der Waals surface area contributed by atoms with E-state index in [1.165, 1.54) is 10.6 Å². The summed E-state index contributed by atoms with van der Waals surface area (Å²) in [5.74, 6) is 0. The second-order valence-corrected chi connectivity index (χ2v) is 7.33. The van der Waals surface area contributed by atoms with Gasteiger partial charge in [-0.1, -0.05) is 0 Å². The molecule has 3 rings (SSSR count). The average Bonchev–Trinajstić information content (AvgIpc) is 2.96. The van der Waals surface area contributed by atoms with Gasteiger partial charge in [-0.15, -0.1) is 11.3 Å². The molecule has 20 heavy (non-hydrogen) atoms. The number of rotatable bonds is 3. The summed E-state index contributed by atoms with van der Waals surface area (Å²) in [4.78, 5) is 5.90. The van der Waals surface area contributed by atoms with Gasteiger partial charge in [0, 0.05) is 36.6 Å². The van der Waals surface area contributed by atoms with Gasteiger partial charge in [0.05, 0.1) is 22.9 Å². The predicted octanol–water partition coefficient (Wildman–Crippen LogP) is 2.75. The van der Waals surface area contributed by atoms with Crippen molar-refractivity contribution in [3.8, 4) is 0 Å². The summed E-state index contributed by atoms with van der Waals surface area (Å²) in [5.41, 5.74) is 1.15. The van der Waals surface area contributed by atoms with E-state index in [-0.39, 0.29) is 5.60 Å². The Morgan fingerprint density at radius 2 is 2.25 bits per heavy atom. The molecule has 2 fully saturated rings. The molecule has 1 N–H and O–H groups in total. The normalized spacial score (nSPS) is 31.9. The van der Waals surface area contributed by atoms with Crippen LogP contribution >= 0.6 is 11.3 Å². The lowest BCUT2D eigenvalue weighted by Gasteiger charge is -2.38. The summed E-state index contributed by atoms with van der Waals surface area (Å²) in [6.07, 6.45) is 3.19. The van der Waals surface area contributed by atoms with Crippen LogP contribution in [0.2, 0.25) is 0 Å². The lowest BCUT2D eigenvalue weighted by molar-refractivity contribution is -0.0902. The van der Waals surface area contributed by atoms with Crippen LogP contribution in [-0.2, 0) is 9.47 Å². The van der Waals surface area contributed by atoms with Crippen LogP contribution in [0.3, 0.4) is 0 Å². The maximum absolute atomic E-state index is 6.00. The highest BCUT2D eigenvalue weighted by Gasteiger charge is 2.41. The Labute approximate surface area is 124 Å². The van der Waals surface area contributed by atoms with E-state index >= 15 is 0 Å². The van der Waals surface area contributed by atoms with Crippen molar-refractivity contribution in [2.45, 2.75) is 57.7 Å². The highest BCUT2D eigenvalue weighted by atomic mass is 32.1. The molecule has 2 aliphatic heterocycles. The molecule has 1 aromatic rings. The molecule has 0 amide bonds. The van der Waals surface area contributed by atoms with Crippen molar-refractivity contribution in [2.24, 2.45) is 0 Å². The van der Waals surface area contributed by atoms with E-state index in [4.69, 9.17) is 9.47 Å². The number of aryl methyl sites for hydroxylation is 2. The van der Waals surface area contributed by atoms with Gasteiger partial charge >= 0.3 is 0 Å². The first-order chi connectivity index (χ1) is 9.58. The first-order valence-corrected chi connectivity index (χ1v) is 8.31. The maximum Gasteiger partial charge on any atom is 0.0951 e. The third kappa shape index (κ3) is 2.91. The highest BCUT2D eigenvalue weighted by Crippen LogP contribution is 2.34. The van der Waals surface area contributed by atoms with Gasteiger partial charge in [0.15, 0.2) is 0 Å². The van der Waals surface area contributed by atoms with Crippen molar-refractivity contribution in [1.29, 1.82) is 0 Å². The summed E-state index contributed by atoms with van der Waals surface area (Å²) < 4.78 is 11.5. The van der Waals surface area contributed by atoms with Crippen molar-refractivity contribution >= 4 is 11.3 Å². The van der Waals surface area contributed by atoms with Crippen LogP contribution in [0.1, 0.15) is 47.8 Å². The van der Waals surface area contributed by atoms with Gasteiger partial charge in [-0.05, 0) is 33.6 Å². The zero-order valence-electron chi connectivity index (χ0n) is 12.6. The molecule has 2 aliphatic rings. The topological polar surface area (TPSA) is 43.4 Å². The van der Waals surface area contributed by atoms with Crippen molar-refractivity contribution in [3.63, 3.8) is 0 Å². The Morgan fingerprint density at radius 1 is 1.40 bits per heavy atom. The number of aromatic nitrogens is 1. The van der Waals surface area contributed by atoms with E-state index in [2.05, 4.69) is 31.1 Å². The van der Waals surface area contributed by atoms with Gasteiger partial charge in [0.2, 0.25) is 0 Å². The van der Waals surface area contributed by atoms with Crippen LogP contribution in [0.25, 0.3) is 0 Å². The summed E-state index contributed by atoms with van der Waals surface area (Å²) in [6, 6.07) is 0.880. The summed E-state index contributed by atoms with van der Waals surface area (Å²) in [5, 5.41) is 4.93. The van der Waals surface area contributed by atoms with E-state index in [9.17, 15) is 0 Å². The Balaban J connectivity index is 1.63. The van der Waals surface area contributed by atoms with E-state index in [0.717, 1.165) is 44.1 Å². The first kappa shape index (κ1) is 14.4. The minimum absolute atomic E-state index is 0.0195. The zero-order valence-corrected chi connectivity index (χ0v) is 13.4. The summed E-state index contributed by atoms with van der Waals surface area (Å²) in [7, 11) is 0. The number of thiazole rings is 1. The fourth-order valence-corrected chi connectivity index (χ4v) is 4.35. The molecular weight excluding hydrogens is 272 g/mol. The van der Waals surface area contributed by atoms with E-state index in [1.807, 2.05) is 0 Å². The van der Waals surface area contributed by atoms with Gasteiger partial charge in [0.25, 0.3) is 0 Å². The second kappa shape index (κ2) is 5.72. The average molecular weight is 296 g/mol. The van der Waals surface area contributed by atoms with Crippen LogP contribution in [0.4, 0.5) is 0 Å². The Kier molecular flexibility index (Phi) is 4.13. The standard InChI is InChI=1S/C15H24N2O2S/c1-10-14(20-12(3)16-10)11(2)17-13-4-6-19-15(8-13)5-7-18-9-15/h11,13,17H,4-9H2,1-3H3. The molecule has 0 aliphatic carbocycles. The highest BCUT2D eigenvalue weighted by molar-refractivity contribution is 7.11. The van der Waals surface area contributed by atoms with Gasteiger partial charge in [-0.2, -0.15) is 0 Å². The van der Waals surface area contributed by atoms with Gasteiger partial charge in [0.1, 0.15) is 0 Å². The zero-order chi connectivity index (χ0) is 14.2. The lowest BCUT2D eigenvalue weighted by Crippen LogP contribution is -2.48. The van der Waals surface area contributed by atoms with Crippen molar-refractivity contribution in [1.82, 2.24) is 10.3 Å². The number of hydrogen-bond acceptors (Lipinski definition) is 5. The van der Waals surface area contributed by atoms with Crippen molar-refractivity contribution in [3.05, 3.63) is 15.6 Å². The molecule has 1 spiro atoms. The monoisotopic (exact) mass is 296 g/mol. The number of nitrogens with one attached hydrogen (secondary N) is 1. The van der Waals surface area contributed by atoms with Crippen LogP contribution in [0, 0.1) is 13.8 Å². The third-order valence-electron chi connectivity index (χ3n) is 4.38. The third-order valence-corrected chi connectivity index (χ3v) is 5.63. The van der Waals surface area contributed by atoms with Crippen LogP contribution < -0.4 is 5.32 Å². The number of nitrogens with zero attached hydrogens (tertiary/aromatic N) is 1. The largest absolute Gasteiger partial charge is 0.378 e. The molecule has 3 heterocycles. The molecule has 0 saturated carbocycles. The molecule has 1 aromatic heterocycles. The van der Waals surface area contributed by atoms with Crippen LogP contribution in [0.15, 0.2) is 0 Å². The van der Waals surface area contributed by atoms with Crippen LogP contribution in [-0.4, -0.2) is 36.4 Å². The molecule has 2 saturated heterocycles. The lowest BCUT2D eigenvalue weighted by atomic mass is 9.89. The Bertz CT molecular complexity index is 468.